The summed E-state index contributed by atoms with van der Waals surface area (Å²) in [6.07, 6.45) is 0. The summed E-state index contributed by atoms with van der Waals surface area (Å²) < 4.78 is 11.8. The Kier molecular flexibility index (Phi) is 7.74. The van der Waals surface area contributed by atoms with Crippen molar-refractivity contribution in [1.29, 1.82) is 0 Å². The molecule has 10 nitrogen and oxygen atoms in total. The molecule has 0 aliphatic rings. The van der Waals surface area contributed by atoms with E-state index >= 15 is 0 Å². The van der Waals surface area contributed by atoms with Crippen LogP contribution in [0, 0.1) is 7.05 Å². The van der Waals surface area contributed by atoms with E-state index in [4.69, 9.17) is 26.7 Å². The van der Waals surface area contributed by atoms with Crippen molar-refractivity contribution in [2.45, 2.75) is 13.1 Å². The van der Waals surface area contributed by atoms with Crippen molar-refractivity contribution in [2.24, 2.45) is 0 Å². The number of aliphatic hydroxyl groups excluding tert-OH is 2. The SMILES string of the molecule is [CH]n1c(=O)n(CCOCCO)c(=O)n(CCOCCO)c1=O. The Balaban J connectivity index is 2.97. The van der Waals surface area contributed by atoms with E-state index in [2.05, 4.69) is 0 Å². The average Bonchev–Trinajstić information content (AvgIpc) is 2.51. The van der Waals surface area contributed by atoms with Gasteiger partial charge in [0.05, 0.1) is 59.8 Å². The van der Waals surface area contributed by atoms with Crippen molar-refractivity contribution in [3.05, 3.63) is 38.5 Å². The molecule has 1 heterocycles. The second kappa shape index (κ2) is 9.30. The van der Waals surface area contributed by atoms with Gasteiger partial charge in [-0.3, -0.25) is 0 Å². The molecule has 0 amide bonds. The van der Waals surface area contributed by atoms with Gasteiger partial charge in [-0.15, -0.1) is 0 Å². The van der Waals surface area contributed by atoms with Crippen molar-refractivity contribution in [3.63, 3.8) is 0 Å². The van der Waals surface area contributed by atoms with Crippen LogP contribution in [0.25, 0.3) is 0 Å². The van der Waals surface area contributed by atoms with E-state index in [-0.39, 0.29) is 52.7 Å². The fourth-order valence-electron chi connectivity index (χ4n) is 1.68. The van der Waals surface area contributed by atoms with E-state index in [9.17, 15) is 14.4 Å². The monoisotopic (exact) mass is 317 g/mol. The van der Waals surface area contributed by atoms with Crippen molar-refractivity contribution in [3.8, 4) is 0 Å². The van der Waals surface area contributed by atoms with Gasteiger partial charge in [-0.25, -0.2) is 28.1 Å². The van der Waals surface area contributed by atoms with Gasteiger partial charge >= 0.3 is 17.1 Å². The standard InChI is InChI=1S/C12H19N3O7/c1-13-10(18)14(2-6-21-8-4-16)12(20)15(11(13)19)3-7-22-9-5-17/h1,16-17H,2-9H2. The summed E-state index contributed by atoms with van der Waals surface area (Å²) in [6, 6.07) is 0. The summed E-state index contributed by atoms with van der Waals surface area (Å²) in [5.74, 6) is 0. The molecule has 1 aromatic rings. The summed E-state index contributed by atoms with van der Waals surface area (Å²) in [7, 11) is 5.36. The molecule has 0 aromatic carbocycles. The lowest BCUT2D eigenvalue weighted by atomic mass is 10.6. The molecule has 0 fully saturated rings. The van der Waals surface area contributed by atoms with Crippen LogP contribution in [0.1, 0.15) is 0 Å². The van der Waals surface area contributed by atoms with E-state index in [0.29, 0.717) is 4.57 Å². The lowest BCUT2D eigenvalue weighted by Gasteiger charge is -2.11. The number of aliphatic hydroxyl groups is 2. The van der Waals surface area contributed by atoms with Gasteiger partial charge in [0.15, 0.2) is 0 Å². The molecule has 10 heteroatoms. The van der Waals surface area contributed by atoms with E-state index in [1.807, 2.05) is 0 Å². The molecule has 1 aromatic heterocycles. The molecule has 0 spiro atoms. The normalized spacial score (nSPS) is 11.0. The topological polar surface area (TPSA) is 125 Å². The van der Waals surface area contributed by atoms with Crippen LogP contribution < -0.4 is 17.1 Å². The number of hydrogen-bond acceptors (Lipinski definition) is 7. The summed E-state index contributed by atoms with van der Waals surface area (Å²) in [5.41, 5.74) is -2.72. The molecule has 0 saturated heterocycles. The Morgan fingerprint density at radius 1 is 0.773 bits per heavy atom. The highest BCUT2D eigenvalue weighted by Gasteiger charge is 2.13. The summed E-state index contributed by atoms with van der Waals surface area (Å²) >= 11 is 0. The lowest BCUT2D eigenvalue weighted by molar-refractivity contribution is 0.0815. The minimum Gasteiger partial charge on any atom is -0.394 e. The van der Waals surface area contributed by atoms with Crippen molar-refractivity contribution < 1.29 is 19.7 Å². The van der Waals surface area contributed by atoms with Gasteiger partial charge in [-0.1, -0.05) is 0 Å². The second-order valence-corrected chi connectivity index (χ2v) is 4.19. The molecule has 0 atom stereocenters. The zero-order valence-electron chi connectivity index (χ0n) is 12.0. The van der Waals surface area contributed by atoms with Gasteiger partial charge in [0.2, 0.25) is 0 Å². The van der Waals surface area contributed by atoms with Gasteiger partial charge in [0, 0.05) is 0 Å². The minimum absolute atomic E-state index is 0.00885. The summed E-state index contributed by atoms with van der Waals surface area (Å²) in [4.78, 5) is 35.8. The van der Waals surface area contributed by atoms with Crippen LogP contribution in [0.5, 0.6) is 0 Å². The fraction of sp³-hybridized carbons (Fsp3) is 0.667. The van der Waals surface area contributed by atoms with Crippen molar-refractivity contribution in [1.82, 2.24) is 13.7 Å². The zero-order chi connectivity index (χ0) is 16.5. The molecule has 124 valence electrons. The number of rotatable bonds is 10. The van der Waals surface area contributed by atoms with Crippen LogP contribution in [-0.4, -0.2) is 63.6 Å². The predicted octanol–water partition coefficient (Wildman–Crippen LogP) is -3.29. The van der Waals surface area contributed by atoms with Crippen molar-refractivity contribution in [2.75, 3.05) is 39.6 Å². The Morgan fingerprint density at radius 3 is 1.55 bits per heavy atom. The molecular formula is C12H19N3O7. The third-order valence-corrected chi connectivity index (χ3v) is 2.73. The van der Waals surface area contributed by atoms with Crippen molar-refractivity contribution >= 4 is 0 Å². The first kappa shape index (κ1) is 18.3. The molecule has 0 aliphatic carbocycles. The molecule has 2 N–H and O–H groups in total. The average molecular weight is 317 g/mol. The molecule has 2 radical (unpaired) electrons. The molecular weight excluding hydrogens is 298 g/mol. The first-order valence-electron chi connectivity index (χ1n) is 6.63. The molecule has 1 rings (SSSR count). The minimum atomic E-state index is -0.949. The Hall–Kier alpha value is -1.75. The van der Waals surface area contributed by atoms with Gasteiger partial charge in [0.25, 0.3) is 0 Å². The number of aromatic nitrogens is 3. The maximum Gasteiger partial charge on any atom is 0.336 e. The zero-order valence-corrected chi connectivity index (χ0v) is 12.0. The largest absolute Gasteiger partial charge is 0.394 e. The summed E-state index contributed by atoms with van der Waals surface area (Å²) in [6.45, 7) is -0.418. The third-order valence-electron chi connectivity index (χ3n) is 2.73. The van der Waals surface area contributed by atoms with Crippen LogP contribution in [0.2, 0.25) is 0 Å². The Morgan fingerprint density at radius 2 is 1.18 bits per heavy atom. The maximum atomic E-state index is 12.1. The fourth-order valence-corrected chi connectivity index (χ4v) is 1.68. The van der Waals surface area contributed by atoms with E-state index in [0.717, 1.165) is 9.13 Å². The van der Waals surface area contributed by atoms with Gasteiger partial charge < -0.3 is 19.7 Å². The van der Waals surface area contributed by atoms with Crippen LogP contribution in [0.3, 0.4) is 0 Å². The second-order valence-electron chi connectivity index (χ2n) is 4.19. The van der Waals surface area contributed by atoms with Gasteiger partial charge in [-0.05, 0) is 0 Å². The molecule has 0 saturated carbocycles. The van der Waals surface area contributed by atoms with E-state index in [1.54, 1.807) is 0 Å². The summed E-state index contributed by atoms with van der Waals surface area (Å²) in [5, 5.41) is 17.2. The smallest absolute Gasteiger partial charge is 0.336 e. The number of nitrogens with zero attached hydrogens (tertiary/aromatic N) is 3. The molecule has 0 bridgehead atoms. The maximum absolute atomic E-state index is 12.1. The number of ether oxygens (including phenoxy) is 2. The van der Waals surface area contributed by atoms with Gasteiger partial charge in [-0.2, -0.15) is 0 Å². The van der Waals surface area contributed by atoms with E-state index < -0.39 is 17.1 Å². The van der Waals surface area contributed by atoms with Gasteiger partial charge in [0.1, 0.15) is 0 Å². The highest BCUT2D eigenvalue weighted by atomic mass is 16.5. The first-order valence-corrected chi connectivity index (χ1v) is 6.63. The molecule has 0 aliphatic heterocycles. The molecule has 0 unspecified atom stereocenters. The third kappa shape index (κ3) is 4.63. The highest BCUT2D eigenvalue weighted by Crippen LogP contribution is 1.81. The Bertz CT molecular complexity index is 581. The Labute approximate surface area is 125 Å². The van der Waals surface area contributed by atoms with Crippen LogP contribution >= 0.6 is 0 Å². The molecule has 22 heavy (non-hydrogen) atoms. The van der Waals surface area contributed by atoms with Crippen LogP contribution in [0.4, 0.5) is 0 Å². The predicted molar refractivity (Wildman–Crippen MR) is 74.7 cm³/mol. The van der Waals surface area contributed by atoms with E-state index in [1.165, 1.54) is 0 Å². The number of hydrogen-bond donors (Lipinski definition) is 2. The first-order chi connectivity index (χ1) is 10.5. The lowest BCUT2D eigenvalue weighted by Crippen LogP contribution is -2.54. The van der Waals surface area contributed by atoms with Crippen LogP contribution in [-0.2, 0) is 22.6 Å². The quantitative estimate of drug-likeness (QED) is 0.433. The highest BCUT2D eigenvalue weighted by molar-refractivity contribution is 4.80. The van der Waals surface area contributed by atoms with Crippen LogP contribution in [0.15, 0.2) is 14.4 Å².